The van der Waals surface area contributed by atoms with E-state index in [-0.39, 0.29) is 18.4 Å². The van der Waals surface area contributed by atoms with Crippen molar-refractivity contribution < 1.29 is 12.8 Å². The van der Waals surface area contributed by atoms with E-state index in [4.69, 9.17) is 0 Å². The zero-order chi connectivity index (χ0) is 23.4. The van der Waals surface area contributed by atoms with Gasteiger partial charge in [-0.2, -0.15) is 4.31 Å². The van der Waals surface area contributed by atoms with Gasteiger partial charge in [0.2, 0.25) is 10.0 Å². The van der Waals surface area contributed by atoms with Crippen LogP contribution in [0.1, 0.15) is 42.2 Å². The van der Waals surface area contributed by atoms with E-state index in [9.17, 15) is 8.42 Å². The van der Waals surface area contributed by atoms with Gasteiger partial charge < -0.3 is 9.47 Å². The van der Waals surface area contributed by atoms with Crippen molar-refractivity contribution in [2.75, 3.05) is 18.0 Å². The molecule has 3 aromatic rings. The Morgan fingerprint density at radius 2 is 1.71 bits per heavy atom. The Morgan fingerprint density at radius 3 is 2.38 bits per heavy atom. The van der Waals surface area contributed by atoms with Crippen LogP contribution in [0.15, 0.2) is 61.2 Å². The van der Waals surface area contributed by atoms with Crippen molar-refractivity contribution in [2.45, 2.75) is 43.6 Å². The Bertz CT molecular complexity index is 1270. The van der Waals surface area contributed by atoms with Gasteiger partial charge in [-0.15, -0.1) is 10.2 Å². The number of aromatic nitrogens is 3. The fourth-order valence-electron chi connectivity index (χ4n) is 5.93. The highest BCUT2D eigenvalue weighted by molar-refractivity contribution is 7.89. The molecule has 6 rings (SSSR count). The molecule has 3 fully saturated rings. The molecule has 0 radical (unpaired) electrons. The van der Waals surface area contributed by atoms with Crippen molar-refractivity contribution in [3.05, 3.63) is 78.1 Å². The Balaban J connectivity index is 1.17. The van der Waals surface area contributed by atoms with Crippen LogP contribution in [0.4, 0.5) is 10.1 Å². The number of rotatable bonds is 5. The van der Waals surface area contributed by atoms with Gasteiger partial charge in [0.25, 0.3) is 0 Å². The predicted molar refractivity (Wildman–Crippen MR) is 127 cm³/mol. The maximum absolute atomic E-state index is 15.2. The molecule has 2 saturated heterocycles. The molecule has 2 aliphatic heterocycles. The van der Waals surface area contributed by atoms with Crippen LogP contribution < -0.4 is 4.90 Å². The van der Waals surface area contributed by atoms with Crippen molar-refractivity contribution in [1.82, 2.24) is 19.1 Å². The second-order valence-corrected chi connectivity index (χ2v) is 11.9. The van der Waals surface area contributed by atoms with E-state index in [2.05, 4.69) is 19.7 Å². The fourth-order valence-corrected chi connectivity index (χ4v) is 8.13. The van der Waals surface area contributed by atoms with Gasteiger partial charge in [0.15, 0.2) is 0 Å². The van der Waals surface area contributed by atoms with E-state index in [0.29, 0.717) is 35.5 Å². The van der Waals surface area contributed by atoms with Crippen LogP contribution in [-0.2, 0) is 16.6 Å². The van der Waals surface area contributed by atoms with Gasteiger partial charge in [0.05, 0.1) is 5.69 Å². The van der Waals surface area contributed by atoms with Crippen LogP contribution in [-0.4, -0.2) is 46.6 Å². The molecule has 9 heteroatoms. The lowest BCUT2D eigenvalue weighted by molar-refractivity contribution is 0.281. The first kappa shape index (κ1) is 21.7. The zero-order valence-corrected chi connectivity index (χ0v) is 19.9. The summed E-state index contributed by atoms with van der Waals surface area (Å²) in [5.41, 5.74) is 2.09. The topological polar surface area (TPSA) is 71.3 Å². The van der Waals surface area contributed by atoms with Gasteiger partial charge in [-0.05, 0) is 43.0 Å². The molecule has 1 aliphatic carbocycles. The molecule has 178 valence electrons. The summed E-state index contributed by atoms with van der Waals surface area (Å²) in [6.45, 7) is 3.73. The number of piperidine rings is 1. The van der Waals surface area contributed by atoms with E-state index in [0.717, 1.165) is 25.1 Å². The first-order chi connectivity index (χ1) is 16.4. The molecule has 0 N–H and O–H groups in total. The molecule has 7 nitrogen and oxygen atoms in total. The quantitative estimate of drug-likeness (QED) is 0.555. The van der Waals surface area contributed by atoms with Crippen LogP contribution in [0.5, 0.6) is 0 Å². The van der Waals surface area contributed by atoms with Crippen LogP contribution >= 0.6 is 0 Å². The molecule has 34 heavy (non-hydrogen) atoms. The smallest absolute Gasteiger partial charge is 0.221 e. The maximum Gasteiger partial charge on any atom is 0.221 e. The van der Waals surface area contributed by atoms with Crippen molar-refractivity contribution in [3.63, 3.8) is 0 Å². The van der Waals surface area contributed by atoms with Crippen LogP contribution in [0.3, 0.4) is 0 Å². The molecular formula is C25H28FN5O2S. The highest BCUT2D eigenvalue weighted by Gasteiger charge is 2.57. The summed E-state index contributed by atoms with van der Waals surface area (Å²) >= 11 is 0. The number of fused-ring (bicyclic) bond motifs is 1. The monoisotopic (exact) mass is 481 g/mol. The average molecular weight is 482 g/mol. The van der Waals surface area contributed by atoms with Gasteiger partial charge in [-0.3, -0.25) is 0 Å². The summed E-state index contributed by atoms with van der Waals surface area (Å²) in [4.78, 5) is 2.10. The second kappa shape index (κ2) is 8.16. The van der Waals surface area contributed by atoms with Gasteiger partial charge in [0, 0.05) is 43.6 Å². The molecule has 2 aromatic carbocycles. The number of hydrogen-bond donors (Lipinski definition) is 0. The summed E-state index contributed by atoms with van der Waals surface area (Å²) < 4.78 is 45.7. The number of hydrogen-bond acceptors (Lipinski definition) is 5. The lowest BCUT2D eigenvalue weighted by Crippen LogP contribution is -2.44. The Hall–Kier alpha value is -2.78. The Morgan fingerprint density at radius 1 is 1.00 bits per heavy atom. The lowest BCUT2D eigenvalue weighted by atomic mass is 10.0. The molecule has 1 aromatic heterocycles. The third kappa shape index (κ3) is 3.62. The molecule has 3 aliphatic rings. The zero-order valence-electron chi connectivity index (χ0n) is 19.0. The summed E-state index contributed by atoms with van der Waals surface area (Å²) in [5, 5.41) is 7.23. The molecule has 1 unspecified atom stereocenters. The minimum absolute atomic E-state index is 0.118. The number of halogens is 1. The van der Waals surface area contributed by atoms with Gasteiger partial charge in [-0.25, -0.2) is 12.8 Å². The number of anilines is 1. The summed E-state index contributed by atoms with van der Waals surface area (Å²) in [6.07, 6.45) is 4.88. The molecule has 3 heterocycles. The minimum atomic E-state index is -3.54. The minimum Gasteiger partial charge on any atom is -0.368 e. The van der Waals surface area contributed by atoms with Crippen LogP contribution in [0, 0.1) is 17.7 Å². The fraction of sp³-hybridized carbons (Fsp3) is 0.440. The summed E-state index contributed by atoms with van der Waals surface area (Å²) in [6, 6.07) is 14.9. The molecular weight excluding hydrogens is 453 g/mol. The van der Waals surface area contributed by atoms with Crippen LogP contribution in [0.2, 0.25) is 0 Å². The normalized spacial score (nSPS) is 30.3. The average Bonchev–Trinajstić information content (AvgIpc) is 3.19. The Labute approximate surface area is 199 Å². The maximum atomic E-state index is 15.2. The SMILES string of the molecule is C[C@H]1CC[C@@H](c2ccccc2)S(=O)(=O)N1Cc1ccc(N2C[C@@H]3C(n4cnnc4)[C@@H]3C2)c(F)c1. The Kier molecular flexibility index (Phi) is 5.22. The van der Waals surface area contributed by atoms with E-state index in [1.54, 1.807) is 23.0 Å². The molecule has 0 bridgehead atoms. The van der Waals surface area contributed by atoms with E-state index < -0.39 is 15.3 Å². The molecule has 0 amide bonds. The molecule has 1 saturated carbocycles. The third-order valence-corrected chi connectivity index (χ3v) is 10.2. The van der Waals surface area contributed by atoms with Gasteiger partial charge >= 0.3 is 0 Å². The van der Waals surface area contributed by atoms with E-state index in [1.807, 2.05) is 43.3 Å². The second-order valence-electron chi connectivity index (χ2n) is 9.83. The first-order valence-electron chi connectivity index (χ1n) is 11.9. The van der Waals surface area contributed by atoms with Crippen molar-refractivity contribution in [1.29, 1.82) is 0 Å². The summed E-state index contributed by atoms with van der Waals surface area (Å²) in [5.74, 6) is 0.690. The largest absolute Gasteiger partial charge is 0.368 e. The van der Waals surface area contributed by atoms with Crippen LogP contribution in [0.25, 0.3) is 0 Å². The lowest BCUT2D eigenvalue weighted by Gasteiger charge is -2.37. The van der Waals surface area contributed by atoms with Gasteiger partial charge in [-0.1, -0.05) is 36.4 Å². The van der Waals surface area contributed by atoms with Crippen molar-refractivity contribution in [3.8, 4) is 0 Å². The van der Waals surface area contributed by atoms with E-state index >= 15 is 4.39 Å². The predicted octanol–water partition coefficient (Wildman–Crippen LogP) is 3.78. The highest BCUT2D eigenvalue weighted by Crippen LogP contribution is 2.55. The standard InChI is InChI=1S/C25H28FN5O2S/c1-17-7-10-24(19-5-3-2-4-6-19)34(32,33)31(17)12-18-8-9-23(22(26)11-18)29-13-20-21(14-29)25(20)30-15-27-28-16-30/h2-6,8-9,11,15-17,20-21,24-25H,7,10,12-14H2,1H3/t17-,20-,21+,24-,25?/m0/s1. The van der Waals surface area contributed by atoms with Crippen molar-refractivity contribution >= 4 is 15.7 Å². The third-order valence-electron chi connectivity index (χ3n) is 7.82. The number of nitrogens with zero attached hydrogens (tertiary/aromatic N) is 5. The van der Waals surface area contributed by atoms with Crippen molar-refractivity contribution in [2.24, 2.45) is 11.8 Å². The van der Waals surface area contributed by atoms with Gasteiger partial charge in [0.1, 0.15) is 23.7 Å². The number of sulfonamides is 1. The first-order valence-corrected chi connectivity index (χ1v) is 13.4. The van der Waals surface area contributed by atoms with E-state index in [1.165, 1.54) is 6.07 Å². The number of benzene rings is 2. The molecule has 0 spiro atoms. The highest BCUT2D eigenvalue weighted by atomic mass is 32.2. The molecule has 5 atom stereocenters. The summed E-state index contributed by atoms with van der Waals surface area (Å²) in [7, 11) is -3.54.